The van der Waals surface area contributed by atoms with E-state index in [4.69, 9.17) is 16.7 Å². The largest absolute Gasteiger partial charge is 0.477 e. The molecule has 1 aliphatic rings. The number of anilines is 2. The van der Waals surface area contributed by atoms with Gasteiger partial charge in [-0.15, -0.1) is 0 Å². The average Bonchev–Trinajstić information content (AvgIpc) is 2.56. The van der Waals surface area contributed by atoms with E-state index in [1.807, 2.05) is 30.3 Å². The van der Waals surface area contributed by atoms with E-state index in [0.717, 1.165) is 42.7 Å². The van der Waals surface area contributed by atoms with Crippen molar-refractivity contribution in [1.82, 2.24) is 4.98 Å². The van der Waals surface area contributed by atoms with Gasteiger partial charge in [-0.25, -0.2) is 9.78 Å². The van der Waals surface area contributed by atoms with E-state index >= 15 is 0 Å². The van der Waals surface area contributed by atoms with Gasteiger partial charge in [-0.1, -0.05) is 17.7 Å². The number of halogens is 1. The molecule has 1 aromatic carbocycles. The van der Waals surface area contributed by atoms with Crippen LogP contribution in [0.2, 0.25) is 5.02 Å². The van der Waals surface area contributed by atoms with Crippen molar-refractivity contribution in [3.05, 3.63) is 53.2 Å². The average molecular weight is 318 g/mol. The molecule has 22 heavy (non-hydrogen) atoms. The van der Waals surface area contributed by atoms with Gasteiger partial charge in [0.25, 0.3) is 0 Å². The molecule has 0 bridgehead atoms. The van der Waals surface area contributed by atoms with Crippen LogP contribution >= 0.6 is 11.6 Å². The van der Waals surface area contributed by atoms with Crippen molar-refractivity contribution in [3.63, 3.8) is 0 Å². The summed E-state index contributed by atoms with van der Waals surface area (Å²) in [4.78, 5) is 19.6. The molecule has 0 unspecified atom stereocenters. The molecule has 114 valence electrons. The number of piperazine rings is 1. The molecule has 0 atom stereocenters. The van der Waals surface area contributed by atoms with Gasteiger partial charge in [-0.05, 0) is 36.4 Å². The second-order valence-electron chi connectivity index (χ2n) is 5.14. The Bertz CT molecular complexity index is 667. The fourth-order valence-electron chi connectivity index (χ4n) is 2.56. The van der Waals surface area contributed by atoms with Gasteiger partial charge in [0, 0.05) is 36.9 Å². The predicted molar refractivity (Wildman–Crippen MR) is 87.1 cm³/mol. The third-order valence-electron chi connectivity index (χ3n) is 3.75. The first-order valence-electron chi connectivity index (χ1n) is 7.09. The summed E-state index contributed by atoms with van der Waals surface area (Å²) >= 11 is 5.91. The zero-order chi connectivity index (χ0) is 15.5. The quantitative estimate of drug-likeness (QED) is 0.943. The fraction of sp³-hybridized carbons (Fsp3) is 0.250. The van der Waals surface area contributed by atoms with Crippen LogP contribution in [0.5, 0.6) is 0 Å². The molecule has 1 aliphatic heterocycles. The molecule has 1 fully saturated rings. The van der Waals surface area contributed by atoms with Crippen LogP contribution in [-0.4, -0.2) is 42.2 Å². The molecule has 0 spiro atoms. The molecule has 0 aliphatic carbocycles. The van der Waals surface area contributed by atoms with Crippen molar-refractivity contribution in [2.24, 2.45) is 0 Å². The van der Waals surface area contributed by atoms with Gasteiger partial charge in [-0.2, -0.15) is 0 Å². The van der Waals surface area contributed by atoms with E-state index in [9.17, 15) is 4.79 Å². The van der Waals surface area contributed by atoms with E-state index < -0.39 is 5.97 Å². The summed E-state index contributed by atoms with van der Waals surface area (Å²) < 4.78 is 0. The van der Waals surface area contributed by atoms with Crippen LogP contribution in [0.25, 0.3) is 0 Å². The lowest BCUT2D eigenvalue weighted by atomic mass is 10.2. The molecule has 1 saturated heterocycles. The third-order valence-corrected chi connectivity index (χ3v) is 4.00. The minimum atomic E-state index is -0.998. The van der Waals surface area contributed by atoms with E-state index in [2.05, 4.69) is 14.8 Å². The van der Waals surface area contributed by atoms with Crippen molar-refractivity contribution in [2.45, 2.75) is 0 Å². The minimum Gasteiger partial charge on any atom is -0.477 e. The number of benzene rings is 1. The van der Waals surface area contributed by atoms with Gasteiger partial charge in [0.1, 0.15) is 5.82 Å². The molecule has 2 heterocycles. The number of carboxylic acids is 1. The first-order chi connectivity index (χ1) is 10.6. The summed E-state index contributed by atoms with van der Waals surface area (Å²) in [5.41, 5.74) is 1.23. The van der Waals surface area contributed by atoms with Crippen LogP contribution in [0.1, 0.15) is 10.5 Å². The predicted octanol–water partition coefficient (Wildman–Crippen LogP) is 2.76. The molecule has 0 radical (unpaired) electrons. The number of nitrogens with zero attached hydrogens (tertiary/aromatic N) is 3. The Balaban J connectivity index is 1.67. The molecule has 1 N–H and O–H groups in total. The Hall–Kier alpha value is -2.27. The Morgan fingerprint density at radius 1 is 1.00 bits per heavy atom. The van der Waals surface area contributed by atoms with Gasteiger partial charge in [-0.3, -0.25) is 0 Å². The summed E-state index contributed by atoms with van der Waals surface area (Å²) in [5.74, 6) is -0.280. The maximum atomic E-state index is 11.0. The van der Waals surface area contributed by atoms with Gasteiger partial charge >= 0.3 is 5.97 Å². The highest BCUT2D eigenvalue weighted by Gasteiger charge is 2.19. The zero-order valence-corrected chi connectivity index (χ0v) is 12.7. The van der Waals surface area contributed by atoms with Crippen molar-refractivity contribution in [1.29, 1.82) is 0 Å². The zero-order valence-electron chi connectivity index (χ0n) is 11.9. The number of carbonyl (C=O) groups is 1. The van der Waals surface area contributed by atoms with Crippen LogP contribution in [0.3, 0.4) is 0 Å². The summed E-state index contributed by atoms with van der Waals surface area (Å²) in [6, 6.07) is 12.9. The molecule has 1 aromatic heterocycles. The smallest absolute Gasteiger partial charge is 0.354 e. The standard InChI is InChI=1S/C16H16ClN3O2/c17-12-4-6-13(7-5-12)19-8-10-20(11-9-19)15-3-1-2-14(18-15)16(21)22/h1-7H,8-11H2,(H,21,22). The van der Waals surface area contributed by atoms with Crippen LogP contribution in [0.4, 0.5) is 11.5 Å². The maximum absolute atomic E-state index is 11.0. The normalized spacial score (nSPS) is 15.0. The number of rotatable bonds is 3. The third kappa shape index (κ3) is 3.14. The first kappa shape index (κ1) is 14.7. The lowest BCUT2D eigenvalue weighted by molar-refractivity contribution is 0.0690. The second kappa shape index (κ2) is 6.23. The van der Waals surface area contributed by atoms with Crippen molar-refractivity contribution < 1.29 is 9.90 Å². The summed E-state index contributed by atoms with van der Waals surface area (Å²) in [6.07, 6.45) is 0. The van der Waals surface area contributed by atoms with Gasteiger partial charge in [0.05, 0.1) is 0 Å². The van der Waals surface area contributed by atoms with Crippen molar-refractivity contribution in [3.8, 4) is 0 Å². The Morgan fingerprint density at radius 2 is 1.64 bits per heavy atom. The topological polar surface area (TPSA) is 56.7 Å². The van der Waals surface area contributed by atoms with Crippen molar-refractivity contribution in [2.75, 3.05) is 36.0 Å². The molecule has 5 nitrogen and oxygen atoms in total. The summed E-state index contributed by atoms with van der Waals surface area (Å²) in [6.45, 7) is 3.33. The Morgan fingerprint density at radius 3 is 2.27 bits per heavy atom. The van der Waals surface area contributed by atoms with Crippen LogP contribution in [0.15, 0.2) is 42.5 Å². The Labute approximate surface area is 133 Å². The minimum absolute atomic E-state index is 0.0811. The van der Waals surface area contributed by atoms with Gasteiger partial charge in [0.2, 0.25) is 0 Å². The van der Waals surface area contributed by atoms with E-state index in [0.29, 0.717) is 0 Å². The second-order valence-corrected chi connectivity index (χ2v) is 5.57. The number of aromatic nitrogens is 1. The monoisotopic (exact) mass is 317 g/mol. The van der Waals surface area contributed by atoms with E-state index in [-0.39, 0.29) is 5.69 Å². The maximum Gasteiger partial charge on any atom is 0.354 e. The number of carboxylic acid groups (broad SMARTS) is 1. The SMILES string of the molecule is O=C(O)c1cccc(N2CCN(c3ccc(Cl)cc3)CC2)n1. The number of hydrogen-bond acceptors (Lipinski definition) is 4. The Kier molecular flexibility index (Phi) is 4.15. The highest BCUT2D eigenvalue weighted by molar-refractivity contribution is 6.30. The van der Waals surface area contributed by atoms with Crippen LogP contribution in [0, 0.1) is 0 Å². The lowest BCUT2D eigenvalue weighted by Gasteiger charge is -2.36. The lowest BCUT2D eigenvalue weighted by Crippen LogP contribution is -2.46. The molecule has 0 amide bonds. The molecular weight excluding hydrogens is 302 g/mol. The molecule has 3 rings (SSSR count). The first-order valence-corrected chi connectivity index (χ1v) is 7.47. The van der Waals surface area contributed by atoms with E-state index in [1.165, 1.54) is 6.07 Å². The van der Waals surface area contributed by atoms with Gasteiger partial charge in [0.15, 0.2) is 5.69 Å². The van der Waals surface area contributed by atoms with Gasteiger partial charge < -0.3 is 14.9 Å². The fourth-order valence-corrected chi connectivity index (χ4v) is 2.69. The molecule has 6 heteroatoms. The number of aromatic carboxylic acids is 1. The highest BCUT2D eigenvalue weighted by Crippen LogP contribution is 2.21. The van der Waals surface area contributed by atoms with Crippen LogP contribution in [-0.2, 0) is 0 Å². The number of pyridine rings is 1. The highest BCUT2D eigenvalue weighted by atomic mass is 35.5. The molecule has 0 saturated carbocycles. The van der Waals surface area contributed by atoms with Crippen molar-refractivity contribution >= 4 is 29.1 Å². The molecule has 2 aromatic rings. The summed E-state index contributed by atoms with van der Waals surface area (Å²) in [7, 11) is 0. The number of hydrogen-bond donors (Lipinski definition) is 1. The van der Waals surface area contributed by atoms with Crippen LogP contribution < -0.4 is 9.80 Å². The molecular formula is C16H16ClN3O2. The summed E-state index contributed by atoms with van der Waals surface area (Å²) in [5, 5.41) is 9.75. The van der Waals surface area contributed by atoms with E-state index in [1.54, 1.807) is 6.07 Å².